The number of amides is 1. The van der Waals surface area contributed by atoms with Crippen LogP contribution >= 0.6 is 0 Å². The molecule has 0 spiro atoms. The Balaban J connectivity index is 2.13. The van der Waals surface area contributed by atoms with Crippen LogP contribution in [-0.2, 0) is 6.42 Å². The molecule has 0 atom stereocenters. The van der Waals surface area contributed by atoms with Gasteiger partial charge in [-0.05, 0) is 56.7 Å². The standard InChI is InChI=1S/C24H32NO3/c1-5-6-10-15-25(16-11-14-20-12-8-7-9-13-20)24(26)21-17-22(27-3)19(2)23(18-21)28-4/h5,7-9,12-13,17-18H,6,10-11,14-16H2,1-4H3. The van der Waals surface area contributed by atoms with Crippen LogP contribution < -0.4 is 9.47 Å². The zero-order chi connectivity index (χ0) is 20.4. The van der Waals surface area contributed by atoms with Crippen LogP contribution in [0.25, 0.3) is 0 Å². The van der Waals surface area contributed by atoms with Gasteiger partial charge in [-0.1, -0.05) is 37.3 Å². The molecule has 28 heavy (non-hydrogen) atoms. The number of hydrogen-bond donors (Lipinski definition) is 0. The zero-order valence-corrected chi connectivity index (χ0v) is 17.5. The molecule has 0 aromatic heterocycles. The van der Waals surface area contributed by atoms with E-state index in [2.05, 4.69) is 37.6 Å². The van der Waals surface area contributed by atoms with E-state index in [1.165, 1.54) is 5.56 Å². The molecule has 0 fully saturated rings. The fraction of sp³-hybridized carbons (Fsp3) is 0.417. The largest absolute Gasteiger partial charge is 0.496 e. The Kier molecular flexibility index (Phi) is 8.86. The third-order valence-corrected chi connectivity index (χ3v) is 4.94. The van der Waals surface area contributed by atoms with Crippen LogP contribution in [0, 0.1) is 13.3 Å². The topological polar surface area (TPSA) is 38.8 Å². The normalized spacial score (nSPS) is 10.6. The van der Waals surface area contributed by atoms with Crippen molar-refractivity contribution >= 4 is 5.91 Å². The molecule has 2 rings (SSSR count). The van der Waals surface area contributed by atoms with Crippen molar-refractivity contribution in [2.24, 2.45) is 0 Å². The Bertz CT molecular complexity index is 718. The lowest BCUT2D eigenvalue weighted by molar-refractivity contribution is 0.0751. The molecule has 0 aliphatic rings. The Morgan fingerprint density at radius 3 is 2.18 bits per heavy atom. The Morgan fingerprint density at radius 1 is 1.00 bits per heavy atom. The second-order valence-electron chi connectivity index (χ2n) is 6.94. The highest BCUT2D eigenvalue weighted by molar-refractivity contribution is 5.95. The van der Waals surface area contributed by atoms with Crippen molar-refractivity contribution < 1.29 is 14.3 Å². The molecule has 151 valence electrons. The molecule has 2 aromatic rings. The Morgan fingerprint density at radius 2 is 1.61 bits per heavy atom. The summed E-state index contributed by atoms with van der Waals surface area (Å²) in [5.41, 5.74) is 2.81. The number of nitrogens with zero attached hydrogens (tertiary/aromatic N) is 1. The number of rotatable bonds is 11. The molecule has 0 unspecified atom stereocenters. The van der Waals surface area contributed by atoms with E-state index in [1.54, 1.807) is 14.2 Å². The minimum absolute atomic E-state index is 0.0285. The Hall–Kier alpha value is -2.49. The number of methoxy groups -OCH3 is 2. The third kappa shape index (κ3) is 6.01. The van der Waals surface area contributed by atoms with E-state index in [-0.39, 0.29) is 5.91 Å². The summed E-state index contributed by atoms with van der Waals surface area (Å²) in [6.07, 6.45) is 6.01. The van der Waals surface area contributed by atoms with Crippen molar-refractivity contribution in [2.45, 2.75) is 39.5 Å². The van der Waals surface area contributed by atoms with Crippen LogP contribution in [0.3, 0.4) is 0 Å². The number of unbranched alkanes of at least 4 members (excludes halogenated alkanes) is 2. The lowest BCUT2D eigenvalue weighted by Gasteiger charge is -2.24. The molecule has 0 saturated heterocycles. The van der Waals surface area contributed by atoms with Gasteiger partial charge in [-0.15, -0.1) is 0 Å². The maximum atomic E-state index is 13.2. The lowest BCUT2D eigenvalue weighted by atomic mass is 10.1. The van der Waals surface area contributed by atoms with Crippen molar-refractivity contribution in [3.05, 3.63) is 65.6 Å². The van der Waals surface area contributed by atoms with E-state index in [4.69, 9.17) is 9.47 Å². The van der Waals surface area contributed by atoms with E-state index in [0.717, 1.165) is 44.3 Å². The summed E-state index contributed by atoms with van der Waals surface area (Å²) in [5.74, 6) is 1.38. The fourth-order valence-corrected chi connectivity index (χ4v) is 3.31. The number of aryl methyl sites for hydroxylation is 1. The van der Waals surface area contributed by atoms with Gasteiger partial charge in [0.25, 0.3) is 5.91 Å². The minimum Gasteiger partial charge on any atom is -0.496 e. The molecule has 1 radical (unpaired) electrons. The van der Waals surface area contributed by atoms with Crippen molar-refractivity contribution in [1.82, 2.24) is 4.90 Å². The van der Waals surface area contributed by atoms with E-state index in [9.17, 15) is 4.79 Å². The zero-order valence-electron chi connectivity index (χ0n) is 17.5. The van der Waals surface area contributed by atoms with E-state index < -0.39 is 0 Å². The summed E-state index contributed by atoms with van der Waals surface area (Å²) in [4.78, 5) is 15.2. The monoisotopic (exact) mass is 382 g/mol. The predicted molar refractivity (Wildman–Crippen MR) is 114 cm³/mol. The van der Waals surface area contributed by atoms with Crippen LogP contribution in [-0.4, -0.2) is 38.1 Å². The molecule has 4 nitrogen and oxygen atoms in total. The average molecular weight is 383 g/mol. The average Bonchev–Trinajstić information content (AvgIpc) is 2.73. The quantitative estimate of drug-likeness (QED) is 0.508. The van der Waals surface area contributed by atoms with Gasteiger partial charge in [-0.3, -0.25) is 4.79 Å². The maximum Gasteiger partial charge on any atom is 0.254 e. The molecule has 1 amide bonds. The molecular weight excluding hydrogens is 350 g/mol. The molecule has 0 aliphatic carbocycles. The summed E-state index contributed by atoms with van der Waals surface area (Å²) in [6.45, 7) is 5.46. The number of benzene rings is 2. The molecule has 0 saturated carbocycles. The molecule has 0 N–H and O–H groups in total. The first kappa shape index (κ1) is 21.8. The molecular formula is C24H32NO3. The molecule has 0 bridgehead atoms. The summed E-state index contributed by atoms with van der Waals surface area (Å²) in [5, 5.41) is 0. The van der Waals surface area contributed by atoms with Crippen LogP contribution in [0.4, 0.5) is 0 Å². The van der Waals surface area contributed by atoms with Crippen LogP contribution in [0.2, 0.25) is 0 Å². The van der Waals surface area contributed by atoms with Crippen LogP contribution in [0.5, 0.6) is 11.5 Å². The smallest absolute Gasteiger partial charge is 0.254 e. The fourth-order valence-electron chi connectivity index (χ4n) is 3.31. The van der Waals surface area contributed by atoms with Gasteiger partial charge in [0, 0.05) is 24.2 Å². The first-order valence-electron chi connectivity index (χ1n) is 9.94. The van der Waals surface area contributed by atoms with Gasteiger partial charge in [-0.2, -0.15) is 0 Å². The van der Waals surface area contributed by atoms with Gasteiger partial charge in [0.1, 0.15) is 11.5 Å². The van der Waals surface area contributed by atoms with Gasteiger partial charge in [0.15, 0.2) is 0 Å². The number of hydrogen-bond acceptors (Lipinski definition) is 3. The van der Waals surface area contributed by atoms with Gasteiger partial charge in [0.05, 0.1) is 14.2 Å². The van der Waals surface area contributed by atoms with Crippen molar-refractivity contribution in [1.29, 1.82) is 0 Å². The van der Waals surface area contributed by atoms with Crippen molar-refractivity contribution in [3.63, 3.8) is 0 Å². The molecule has 4 heteroatoms. The van der Waals surface area contributed by atoms with Crippen molar-refractivity contribution in [2.75, 3.05) is 27.3 Å². The number of carbonyl (C=O) groups excluding carboxylic acids is 1. The third-order valence-electron chi connectivity index (χ3n) is 4.94. The first-order valence-corrected chi connectivity index (χ1v) is 9.94. The summed E-state index contributed by atoms with van der Waals surface area (Å²) in [6, 6.07) is 14.0. The number of ether oxygens (including phenoxy) is 2. The SMILES string of the molecule is C[CH]CCCN(CCCc1ccccc1)C(=O)c1cc(OC)c(C)c(OC)c1. The summed E-state index contributed by atoms with van der Waals surface area (Å²) in [7, 11) is 3.23. The highest BCUT2D eigenvalue weighted by Gasteiger charge is 2.19. The highest BCUT2D eigenvalue weighted by atomic mass is 16.5. The van der Waals surface area contributed by atoms with Gasteiger partial charge >= 0.3 is 0 Å². The second-order valence-corrected chi connectivity index (χ2v) is 6.94. The molecule has 2 aromatic carbocycles. The second kappa shape index (κ2) is 11.4. The van der Waals surface area contributed by atoms with Crippen LogP contribution in [0.15, 0.2) is 42.5 Å². The maximum absolute atomic E-state index is 13.2. The lowest BCUT2D eigenvalue weighted by Crippen LogP contribution is -2.33. The summed E-state index contributed by atoms with van der Waals surface area (Å²) >= 11 is 0. The Labute approximate surface area is 169 Å². The van der Waals surface area contributed by atoms with Crippen LogP contribution in [0.1, 0.15) is 47.7 Å². The highest BCUT2D eigenvalue weighted by Crippen LogP contribution is 2.30. The predicted octanol–water partition coefficient (Wildman–Crippen LogP) is 5.09. The number of carbonyl (C=O) groups is 1. The minimum atomic E-state index is 0.0285. The molecule has 0 aliphatic heterocycles. The van der Waals surface area contributed by atoms with E-state index >= 15 is 0 Å². The molecule has 0 heterocycles. The van der Waals surface area contributed by atoms with Crippen molar-refractivity contribution in [3.8, 4) is 11.5 Å². The van der Waals surface area contributed by atoms with Gasteiger partial charge < -0.3 is 14.4 Å². The van der Waals surface area contributed by atoms with E-state index in [1.807, 2.05) is 30.0 Å². The van der Waals surface area contributed by atoms with Gasteiger partial charge in [0.2, 0.25) is 0 Å². The first-order chi connectivity index (χ1) is 13.6. The summed E-state index contributed by atoms with van der Waals surface area (Å²) < 4.78 is 10.9. The van der Waals surface area contributed by atoms with E-state index in [0.29, 0.717) is 17.1 Å². The van der Waals surface area contributed by atoms with Gasteiger partial charge in [-0.25, -0.2) is 0 Å².